The molecule has 47 heavy (non-hydrogen) atoms. The molecule has 2 aromatic carbocycles. The van der Waals surface area contributed by atoms with Crippen LogP contribution in [0.5, 0.6) is 0 Å². The smallest absolute Gasteiger partial charge is 0.224 e. The number of unbranched alkanes of at least 4 members (excludes halogenated alkanes) is 4. The Balaban J connectivity index is 1.17. The number of para-hydroxylation sites is 2. The first kappa shape index (κ1) is 34.2. The van der Waals surface area contributed by atoms with Gasteiger partial charge in [0.1, 0.15) is 0 Å². The van der Waals surface area contributed by atoms with Crippen LogP contribution in [0.2, 0.25) is 0 Å². The zero-order valence-corrected chi connectivity index (χ0v) is 27.3. The van der Waals surface area contributed by atoms with Crippen molar-refractivity contribution in [2.45, 2.75) is 70.4 Å². The van der Waals surface area contributed by atoms with Gasteiger partial charge in [0.15, 0.2) is 18.2 Å². The second-order valence-electron chi connectivity index (χ2n) is 12.5. The van der Waals surface area contributed by atoms with Crippen molar-refractivity contribution in [2.75, 3.05) is 36.8 Å². The van der Waals surface area contributed by atoms with Crippen molar-refractivity contribution >= 4 is 35.1 Å². The molecule has 1 saturated heterocycles. The molecule has 254 valence electrons. The molecule has 5 rings (SSSR count). The number of nitrogens with two attached hydrogens (primary N) is 2. The fourth-order valence-electron chi connectivity index (χ4n) is 7.17. The quantitative estimate of drug-likeness (QED) is 0.0913. The van der Waals surface area contributed by atoms with Crippen LogP contribution in [-0.4, -0.2) is 68.4 Å². The van der Waals surface area contributed by atoms with Crippen LogP contribution in [-0.2, 0) is 19.1 Å². The van der Waals surface area contributed by atoms with E-state index in [1.54, 1.807) is 0 Å². The van der Waals surface area contributed by atoms with E-state index in [0.29, 0.717) is 32.6 Å². The minimum absolute atomic E-state index is 0.0945. The largest absolute Gasteiger partial charge is 0.370 e. The summed E-state index contributed by atoms with van der Waals surface area (Å²) >= 11 is 0. The Morgan fingerprint density at radius 2 is 1.19 bits per heavy atom. The number of hydrogen-bond acceptors (Lipinski definition) is 6. The highest BCUT2D eigenvalue weighted by Crippen LogP contribution is 2.57. The zero-order valence-electron chi connectivity index (χ0n) is 27.3. The number of hydrogen-bond donors (Lipinski definition) is 6. The summed E-state index contributed by atoms with van der Waals surface area (Å²) in [6.45, 7) is 3.41. The molecule has 2 bridgehead atoms. The maximum absolute atomic E-state index is 13.7. The van der Waals surface area contributed by atoms with Crippen molar-refractivity contribution in [1.29, 1.82) is 0 Å². The van der Waals surface area contributed by atoms with Gasteiger partial charge in [-0.2, -0.15) is 0 Å². The van der Waals surface area contributed by atoms with Gasteiger partial charge >= 0.3 is 0 Å². The van der Waals surface area contributed by atoms with Crippen molar-refractivity contribution in [3.8, 4) is 0 Å². The average molecular weight is 647 g/mol. The molecule has 1 aliphatic heterocycles. The highest BCUT2D eigenvalue weighted by atomic mass is 16.7. The van der Waals surface area contributed by atoms with Gasteiger partial charge in [-0.15, -0.1) is 0 Å². The average Bonchev–Trinajstić information content (AvgIpc) is 3.77. The minimum Gasteiger partial charge on any atom is -0.370 e. The summed E-state index contributed by atoms with van der Waals surface area (Å²) in [7, 11) is 0. The standard InChI is InChI=1S/C35H50N8O4/c1-2-3-4-5-12-17-27-46-30-25-22-26(31(30)47-27)29(33(45)39-19-21-41-35(37)43-24-15-10-7-11-16-24)28(25)32(44)38-18-20-40-34(36)42-23-13-8-6-9-14-23/h6-11,13-16,25-31H,2-5,12,17-22H2,1H3,(H,38,44)(H,39,45)(H3,36,40,42)(H3,37,41,43)/t25?,26?,27?,28-,29?,30+,31?/m0/s1. The van der Waals surface area contributed by atoms with Crippen molar-refractivity contribution in [2.24, 2.45) is 45.1 Å². The second-order valence-corrected chi connectivity index (χ2v) is 12.5. The highest BCUT2D eigenvalue weighted by molar-refractivity contribution is 5.93. The summed E-state index contributed by atoms with van der Waals surface area (Å²) in [6.07, 6.45) is 6.73. The summed E-state index contributed by atoms with van der Waals surface area (Å²) in [6, 6.07) is 19.0. The molecule has 3 aliphatic rings. The van der Waals surface area contributed by atoms with Gasteiger partial charge in [0, 0.05) is 36.3 Å². The van der Waals surface area contributed by atoms with Gasteiger partial charge in [-0.3, -0.25) is 19.6 Å². The van der Waals surface area contributed by atoms with Gasteiger partial charge in [-0.05, 0) is 43.5 Å². The van der Waals surface area contributed by atoms with Crippen LogP contribution >= 0.6 is 0 Å². The van der Waals surface area contributed by atoms with E-state index in [9.17, 15) is 9.59 Å². The molecule has 2 saturated carbocycles. The fourth-order valence-corrected chi connectivity index (χ4v) is 7.17. The summed E-state index contributed by atoms with van der Waals surface area (Å²) in [5, 5.41) is 12.1. The molecular formula is C35H50N8O4. The summed E-state index contributed by atoms with van der Waals surface area (Å²) < 4.78 is 12.8. The SMILES string of the molecule is CCCCCCCC1OC2C3CC([C@H]2O1)[C@H](C(=O)NCCN=C(N)Nc1ccccc1)C3C(=O)NCCN=C(N)Nc1ccccc1. The first-order valence-corrected chi connectivity index (χ1v) is 17.0. The number of amides is 2. The van der Waals surface area contributed by atoms with Gasteiger partial charge in [0.25, 0.3) is 0 Å². The van der Waals surface area contributed by atoms with Crippen LogP contribution in [0.25, 0.3) is 0 Å². The number of carbonyl (C=O) groups is 2. The molecule has 7 atom stereocenters. The van der Waals surface area contributed by atoms with E-state index in [4.69, 9.17) is 20.9 Å². The van der Waals surface area contributed by atoms with Crippen LogP contribution < -0.4 is 32.7 Å². The number of fused-ring (bicyclic) bond motifs is 5. The Kier molecular flexibility index (Phi) is 12.5. The Morgan fingerprint density at radius 1 is 0.723 bits per heavy atom. The van der Waals surface area contributed by atoms with Gasteiger partial charge in [-0.25, -0.2) is 0 Å². The monoisotopic (exact) mass is 646 g/mol. The van der Waals surface area contributed by atoms with Gasteiger partial charge in [0.2, 0.25) is 11.8 Å². The van der Waals surface area contributed by atoms with E-state index in [2.05, 4.69) is 38.2 Å². The highest BCUT2D eigenvalue weighted by Gasteiger charge is 2.66. The molecule has 2 aliphatic carbocycles. The zero-order chi connectivity index (χ0) is 33.0. The van der Waals surface area contributed by atoms with Crippen LogP contribution in [0.4, 0.5) is 11.4 Å². The lowest BCUT2D eigenvalue weighted by Gasteiger charge is -2.34. The van der Waals surface area contributed by atoms with Crippen LogP contribution in [0.15, 0.2) is 70.6 Å². The molecule has 0 radical (unpaired) electrons. The van der Waals surface area contributed by atoms with Crippen LogP contribution in [0.1, 0.15) is 51.9 Å². The van der Waals surface area contributed by atoms with Crippen molar-refractivity contribution in [3.05, 3.63) is 60.7 Å². The van der Waals surface area contributed by atoms with E-state index in [-0.39, 0.29) is 54.1 Å². The Hall–Kier alpha value is -4.16. The fraction of sp³-hybridized carbons (Fsp3) is 0.543. The molecule has 0 spiro atoms. The number of nitrogens with zero attached hydrogens (tertiary/aromatic N) is 2. The molecule has 3 fully saturated rings. The summed E-state index contributed by atoms with van der Waals surface area (Å²) in [4.78, 5) is 36.1. The number of carbonyl (C=O) groups excluding carboxylic acids is 2. The van der Waals surface area contributed by atoms with Crippen molar-refractivity contribution < 1.29 is 19.1 Å². The first-order chi connectivity index (χ1) is 22.9. The van der Waals surface area contributed by atoms with E-state index in [0.717, 1.165) is 30.6 Å². The Morgan fingerprint density at radius 3 is 1.66 bits per heavy atom. The lowest BCUT2D eigenvalue weighted by molar-refractivity contribution is -0.140. The maximum atomic E-state index is 13.7. The summed E-state index contributed by atoms with van der Waals surface area (Å²) in [5.41, 5.74) is 13.7. The Bertz CT molecular complexity index is 1260. The van der Waals surface area contributed by atoms with E-state index in [1.165, 1.54) is 19.3 Å². The van der Waals surface area contributed by atoms with Gasteiger partial charge < -0.3 is 42.2 Å². The number of guanidine groups is 2. The maximum Gasteiger partial charge on any atom is 0.224 e. The lowest BCUT2D eigenvalue weighted by atomic mass is 9.75. The number of ether oxygens (including phenoxy) is 2. The first-order valence-electron chi connectivity index (χ1n) is 17.0. The van der Waals surface area contributed by atoms with E-state index >= 15 is 0 Å². The molecule has 8 N–H and O–H groups in total. The van der Waals surface area contributed by atoms with E-state index < -0.39 is 11.8 Å². The lowest BCUT2D eigenvalue weighted by Crippen LogP contribution is -2.52. The number of rotatable bonds is 16. The normalized spacial score (nSPS) is 26.5. The van der Waals surface area contributed by atoms with Crippen molar-refractivity contribution in [1.82, 2.24) is 10.6 Å². The predicted octanol–water partition coefficient (Wildman–Crippen LogP) is 3.43. The Labute approximate surface area is 277 Å². The molecule has 0 aromatic heterocycles. The minimum atomic E-state index is -0.523. The molecule has 12 nitrogen and oxygen atoms in total. The number of nitrogens with one attached hydrogen (secondary N) is 4. The third-order valence-corrected chi connectivity index (χ3v) is 9.27. The van der Waals surface area contributed by atoms with Crippen molar-refractivity contribution in [3.63, 3.8) is 0 Å². The van der Waals surface area contributed by atoms with Gasteiger partial charge in [-0.1, -0.05) is 69.0 Å². The number of benzene rings is 2. The topological polar surface area (TPSA) is 177 Å². The third kappa shape index (κ3) is 9.23. The molecule has 12 heteroatoms. The summed E-state index contributed by atoms with van der Waals surface area (Å²) in [5.74, 6) is -1.03. The van der Waals surface area contributed by atoms with Crippen LogP contribution in [0.3, 0.4) is 0 Å². The molecule has 2 amide bonds. The molecular weight excluding hydrogens is 596 g/mol. The molecule has 2 aromatic rings. The third-order valence-electron chi connectivity index (χ3n) is 9.27. The number of anilines is 2. The van der Waals surface area contributed by atoms with Crippen LogP contribution in [0, 0.1) is 23.7 Å². The number of aliphatic imine (C=N–C) groups is 2. The van der Waals surface area contributed by atoms with Gasteiger partial charge in [0.05, 0.1) is 37.1 Å². The van der Waals surface area contributed by atoms with E-state index in [1.807, 2.05) is 60.7 Å². The molecule has 1 heterocycles. The molecule has 5 unspecified atom stereocenters. The predicted molar refractivity (Wildman–Crippen MR) is 185 cm³/mol. The second kappa shape index (κ2) is 17.1.